The molecule has 0 aliphatic carbocycles. The van der Waals surface area contributed by atoms with Gasteiger partial charge in [0.1, 0.15) is 0 Å². The summed E-state index contributed by atoms with van der Waals surface area (Å²) in [7, 11) is 0. The highest BCUT2D eigenvalue weighted by molar-refractivity contribution is 7.17. The summed E-state index contributed by atoms with van der Waals surface area (Å²) in [5, 5.41) is 4.58. The lowest BCUT2D eigenvalue weighted by Crippen LogP contribution is -2.16. The smallest absolute Gasteiger partial charge is 0.318 e. The van der Waals surface area contributed by atoms with Crippen molar-refractivity contribution in [1.82, 2.24) is 9.72 Å². The van der Waals surface area contributed by atoms with E-state index in [1.54, 1.807) is 22.8 Å². The van der Waals surface area contributed by atoms with Crippen molar-refractivity contribution in [3.05, 3.63) is 57.7 Å². The van der Waals surface area contributed by atoms with Gasteiger partial charge in [-0.3, -0.25) is 4.79 Å². The number of nitrogens with zero attached hydrogens (tertiary/aromatic N) is 3. The Hall–Kier alpha value is -1.89. The highest BCUT2D eigenvalue weighted by Crippen LogP contribution is 2.31. The summed E-state index contributed by atoms with van der Waals surface area (Å²) in [6.45, 7) is 4.16. The van der Waals surface area contributed by atoms with Crippen LogP contribution < -0.4 is 4.80 Å². The Balaban J connectivity index is 2.27. The topological polar surface area (TPSA) is 60.4 Å². The van der Waals surface area contributed by atoms with Gasteiger partial charge in [0.2, 0.25) is 5.76 Å². The fraction of sp³-hybridized carbons (Fsp3) is 0.0714. The molecule has 0 spiro atoms. The van der Waals surface area contributed by atoms with Crippen molar-refractivity contribution in [3.63, 3.8) is 0 Å². The molecule has 22 heavy (non-hydrogen) atoms. The Morgan fingerprint density at radius 3 is 2.86 bits per heavy atom. The van der Waals surface area contributed by atoms with Crippen LogP contribution in [0.5, 0.6) is 0 Å². The number of hydrogen-bond acceptors (Lipinski definition) is 4. The zero-order valence-electron chi connectivity index (χ0n) is 11.1. The second kappa shape index (κ2) is 6.08. The molecule has 2 heterocycles. The molecule has 1 amide bonds. The predicted molar refractivity (Wildman–Crippen MR) is 86.4 cm³/mol. The van der Waals surface area contributed by atoms with Crippen molar-refractivity contribution in [2.75, 3.05) is 0 Å². The molecular formula is C14H9Cl2N3O2S. The van der Waals surface area contributed by atoms with Crippen LogP contribution in [0, 0.1) is 0 Å². The van der Waals surface area contributed by atoms with Crippen molar-refractivity contribution >= 4 is 50.7 Å². The van der Waals surface area contributed by atoms with Crippen LogP contribution in [0.3, 0.4) is 0 Å². The molecule has 0 saturated heterocycles. The van der Waals surface area contributed by atoms with Gasteiger partial charge in [0.15, 0.2) is 4.80 Å². The highest BCUT2D eigenvalue weighted by Gasteiger charge is 2.14. The zero-order chi connectivity index (χ0) is 15.7. The third-order valence-electron chi connectivity index (χ3n) is 2.89. The van der Waals surface area contributed by atoms with Gasteiger partial charge in [-0.2, -0.15) is 4.99 Å². The second-order valence-corrected chi connectivity index (χ2v) is 6.08. The Kier molecular flexibility index (Phi) is 4.15. The Bertz CT molecular complexity index is 926. The summed E-state index contributed by atoms with van der Waals surface area (Å²) in [6.07, 6.45) is 3.08. The van der Waals surface area contributed by atoms with E-state index in [1.807, 2.05) is 0 Å². The molecule has 3 aromatic rings. The standard InChI is InChI=1S/C14H9Cl2N3O2S/c1-2-7-19-11-8(15)3-4-9(16)12(11)22-14(19)18-13(20)10-5-6-17-21-10/h2-6H,1,7H2. The van der Waals surface area contributed by atoms with E-state index in [0.29, 0.717) is 21.4 Å². The first-order valence-electron chi connectivity index (χ1n) is 6.20. The molecule has 0 atom stereocenters. The van der Waals surface area contributed by atoms with Crippen LogP contribution in [-0.4, -0.2) is 15.6 Å². The van der Waals surface area contributed by atoms with Crippen LogP contribution >= 0.6 is 34.5 Å². The first-order chi connectivity index (χ1) is 10.6. The minimum atomic E-state index is -0.519. The largest absolute Gasteiger partial charge is 0.351 e. The third kappa shape index (κ3) is 2.61. The van der Waals surface area contributed by atoms with Gasteiger partial charge in [-0.15, -0.1) is 6.58 Å². The van der Waals surface area contributed by atoms with E-state index in [2.05, 4.69) is 16.7 Å². The Morgan fingerprint density at radius 2 is 2.18 bits per heavy atom. The van der Waals surface area contributed by atoms with Gasteiger partial charge < -0.3 is 9.09 Å². The van der Waals surface area contributed by atoms with Gasteiger partial charge in [-0.1, -0.05) is 45.8 Å². The monoisotopic (exact) mass is 353 g/mol. The molecule has 0 N–H and O–H groups in total. The summed E-state index contributed by atoms with van der Waals surface area (Å²) < 4.78 is 7.37. The molecule has 0 aliphatic rings. The number of fused-ring (bicyclic) bond motifs is 1. The molecule has 112 valence electrons. The molecule has 0 aliphatic heterocycles. The van der Waals surface area contributed by atoms with E-state index >= 15 is 0 Å². The van der Waals surface area contributed by atoms with Gasteiger partial charge in [0.05, 0.1) is 26.5 Å². The number of halogens is 2. The van der Waals surface area contributed by atoms with Crippen molar-refractivity contribution in [2.45, 2.75) is 6.54 Å². The number of allylic oxidation sites excluding steroid dienone is 1. The molecule has 0 radical (unpaired) electrons. The molecule has 0 fully saturated rings. The quantitative estimate of drug-likeness (QED) is 0.670. The van der Waals surface area contributed by atoms with Crippen LogP contribution in [-0.2, 0) is 6.54 Å². The summed E-state index contributed by atoms with van der Waals surface area (Å²) in [4.78, 5) is 16.6. The van der Waals surface area contributed by atoms with Crippen LogP contribution in [0.2, 0.25) is 10.0 Å². The second-order valence-electron chi connectivity index (χ2n) is 4.28. The lowest BCUT2D eigenvalue weighted by molar-refractivity contribution is 0.0962. The molecule has 3 rings (SSSR count). The Labute approximate surface area is 139 Å². The average Bonchev–Trinajstić information content (AvgIpc) is 3.13. The summed E-state index contributed by atoms with van der Waals surface area (Å²) >= 11 is 13.7. The van der Waals surface area contributed by atoms with Crippen molar-refractivity contribution < 1.29 is 9.32 Å². The average molecular weight is 354 g/mol. The molecular weight excluding hydrogens is 345 g/mol. The van der Waals surface area contributed by atoms with Crippen LogP contribution in [0.1, 0.15) is 10.6 Å². The summed E-state index contributed by atoms with van der Waals surface area (Å²) in [5.74, 6) is -0.450. The van der Waals surface area contributed by atoms with E-state index in [1.165, 1.54) is 23.6 Å². The van der Waals surface area contributed by atoms with E-state index < -0.39 is 5.91 Å². The van der Waals surface area contributed by atoms with Crippen LogP contribution in [0.25, 0.3) is 10.2 Å². The fourth-order valence-corrected chi connectivity index (χ4v) is 3.62. The molecule has 0 unspecified atom stereocenters. The van der Waals surface area contributed by atoms with Gasteiger partial charge in [-0.25, -0.2) is 0 Å². The van der Waals surface area contributed by atoms with E-state index in [4.69, 9.17) is 27.7 Å². The van der Waals surface area contributed by atoms with Gasteiger partial charge in [-0.05, 0) is 12.1 Å². The maximum Gasteiger partial charge on any atom is 0.318 e. The van der Waals surface area contributed by atoms with Crippen molar-refractivity contribution in [3.8, 4) is 0 Å². The van der Waals surface area contributed by atoms with Crippen molar-refractivity contribution in [2.24, 2.45) is 4.99 Å². The summed E-state index contributed by atoms with van der Waals surface area (Å²) in [6, 6.07) is 4.88. The van der Waals surface area contributed by atoms with Crippen LogP contribution in [0.15, 0.2) is 46.6 Å². The normalized spacial score (nSPS) is 12.0. The number of aromatic nitrogens is 2. The molecule has 0 saturated carbocycles. The van der Waals surface area contributed by atoms with Crippen molar-refractivity contribution in [1.29, 1.82) is 0 Å². The molecule has 5 nitrogen and oxygen atoms in total. The number of amides is 1. The lowest BCUT2D eigenvalue weighted by Gasteiger charge is -2.03. The predicted octanol–water partition coefficient (Wildman–Crippen LogP) is 3.92. The minimum absolute atomic E-state index is 0.0693. The Morgan fingerprint density at radius 1 is 1.41 bits per heavy atom. The van der Waals surface area contributed by atoms with Gasteiger partial charge in [0.25, 0.3) is 0 Å². The van der Waals surface area contributed by atoms with Gasteiger partial charge >= 0.3 is 5.91 Å². The van der Waals surface area contributed by atoms with Crippen LogP contribution in [0.4, 0.5) is 0 Å². The maximum atomic E-state index is 12.1. The highest BCUT2D eigenvalue weighted by atomic mass is 35.5. The number of carbonyl (C=O) groups is 1. The minimum Gasteiger partial charge on any atom is -0.351 e. The first-order valence-corrected chi connectivity index (χ1v) is 7.77. The molecule has 8 heteroatoms. The van der Waals surface area contributed by atoms with Gasteiger partial charge in [0, 0.05) is 12.6 Å². The number of hydrogen-bond donors (Lipinski definition) is 0. The zero-order valence-corrected chi connectivity index (χ0v) is 13.5. The number of carbonyl (C=O) groups excluding carboxylic acids is 1. The number of rotatable bonds is 3. The molecule has 1 aromatic carbocycles. The lowest BCUT2D eigenvalue weighted by atomic mass is 10.3. The molecule has 2 aromatic heterocycles. The van der Waals surface area contributed by atoms with E-state index in [9.17, 15) is 4.79 Å². The van der Waals surface area contributed by atoms with E-state index in [0.717, 1.165) is 10.2 Å². The SMILES string of the molecule is C=CCn1c(=NC(=O)c2ccno2)sc2c(Cl)ccc(Cl)c21. The number of thiazole rings is 1. The maximum absolute atomic E-state index is 12.1. The third-order valence-corrected chi connectivity index (χ3v) is 4.73. The number of benzene rings is 1. The first kappa shape index (κ1) is 15.0. The molecule has 0 bridgehead atoms. The summed E-state index contributed by atoms with van der Waals surface area (Å²) in [5.41, 5.74) is 0.725. The van der Waals surface area contributed by atoms with E-state index in [-0.39, 0.29) is 5.76 Å². The fourth-order valence-electron chi connectivity index (χ4n) is 1.96.